The van der Waals surface area contributed by atoms with E-state index < -0.39 is 9.84 Å². The van der Waals surface area contributed by atoms with Gasteiger partial charge in [-0.15, -0.1) is 0 Å². The van der Waals surface area contributed by atoms with Gasteiger partial charge in [-0.05, 0) is 30.9 Å². The van der Waals surface area contributed by atoms with Crippen LogP contribution in [0, 0.1) is 5.92 Å². The van der Waals surface area contributed by atoms with E-state index in [4.69, 9.17) is 4.74 Å². The molecule has 8 heteroatoms. The van der Waals surface area contributed by atoms with E-state index in [-0.39, 0.29) is 28.7 Å². The Hall–Kier alpha value is -1.54. The molecule has 2 atom stereocenters. The highest BCUT2D eigenvalue weighted by molar-refractivity contribution is 8.16. The number of methoxy groups -OCH3 is 1. The zero-order valence-electron chi connectivity index (χ0n) is 16.0. The number of hydrogen-bond acceptors (Lipinski definition) is 5. The summed E-state index contributed by atoms with van der Waals surface area (Å²) in [7, 11) is -1.49. The van der Waals surface area contributed by atoms with Crippen LogP contribution in [0.25, 0.3) is 0 Å². The summed E-state index contributed by atoms with van der Waals surface area (Å²) >= 11 is 1.42. The van der Waals surface area contributed by atoms with Crippen LogP contribution in [0.5, 0.6) is 5.75 Å². The first kappa shape index (κ1) is 19.8. The Labute approximate surface area is 170 Å². The summed E-state index contributed by atoms with van der Waals surface area (Å²) in [4.78, 5) is 19.0. The average molecular weight is 423 g/mol. The van der Waals surface area contributed by atoms with Crippen LogP contribution in [0.2, 0.25) is 0 Å². The zero-order valence-corrected chi connectivity index (χ0v) is 17.7. The molecular formula is C20H26N2O4S2. The third kappa shape index (κ3) is 4.08. The summed E-state index contributed by atoms with van der Waals surface area (Å²) < 4.78 is 29.9. The van der Waals surface area contributed by atoms with E-state index in [1.807, 2.05) is 29.2 Å². The molecule has 0 unspecified atom stereocenters. The van der Waals surface area contributed by atoms with Crippen molar-refractivity contribution in [1.29, 1.82) is 0 Å². The third-order valence-electron chi connectivity index (χ3n) is 5.82. The van der Waals surface area contributed by atoms with Gasteiger partial charge in [0.2, 0.25) is 5.91 Å². The molecule has 2 saturated heterocycles. The normalized spacial score (nSPS) is 28.5. The largest absolute Gasteiger partial charge is 0.495 e. The van der Waals surface area contributed by atoms with Crippen LogP contribution in [-0.2, 0) is 14.6 Å². The quantitative estimate of drug-likeness (QED) is 0.741. The summed E-state index contributed by atoms with van der Waals surface area (Å²) in [6, 6.07) is 7.29. The van der Waals surface area contributed by atoms with Gasteiger partial charge in [-0.2, -0.15) is 4.99 Å². The highest BCUT2D eigenvalue weighted by atomic mass is 32.2. The van der Waals surface area contributed by atoms with Crippen molar-refractivity contribution in [1.82, 2.24) is 0 Å². The standard InChI is InChI=1S/C20H26N2O4S2/c1-26-17-10-6-5-9-15(17)22-16-12-28(24,25)13-18(16)27-20(22)21-19(23)11-14-7-3-2-4-8-14/h5-6,9-10,14,16,18H,2-4,7-8,11-13H2,1H3/t16-,18+/m0/s1. The lowest BCUT2D eigenvalue weighted by atomic mass is 9.87. The molecule has 6 nitrogen and oxygen atoms in total. The van der Waals surface area contributed by atoms with Gasteiger partial charge >= 0.3 is 0 Å². The van der Waals surface area contributed by atoms with E-state index in [0.717, 1.165) is 18.5 Å². The predicted molar refractivity (Wildman–Crippen MR) is 113 cm³/mol. The van der Waals surface area contributed by atoms with Crippen LogP contribution < -0.4 is 9.64 Å². The molecule has 1 aliphatic carbocycles. The number of anilines is 1. The maximum atomic E-state index is 12.7. The maximum absolute atomic E-state index is 12.7. The third-order valence-corrected chi connectivity index (χ3v) is 9.03. The number of aliphatic imine (C=N–C) groups is 1. The van der Waals surface area contributed by atoms with Crippen molar-refractivity contribution >= 4 is 38.4 Å². The molecule has 3 aliphatic rings. The molecule has 3 fully saturated rings. The van der Waals surface area contributed by atoms with E-state index >= 15 is 0 Å². The first-order valence-corrected chi connectivity index (χ1v) is 12.6. The van der Waals surface area contributed by atoms with Gasteiger partial charge in [0.15, 0.2) is 15.0 Å². The number of rotatable bonds is 4. The molecule has 0 N–H and O–H groups in total. The van der Waals surface area contributed by atoms with Crippen LogP contribution in [0.3, 0.4) is 0 Å². The van der Waals surface area contributed by atoms with Crippen molar-refractivity contribution in [2.45, 2.75) is 49.8 Å². The number of fused-ring (bicyclic) bond motifs is 1. The van der Waals surface area contributed by atoms with E-state index in [9.17, 15) is 13.2 Å². The Balaban J connectivity index is 1.62. The molecule has 1 aromatic rings. The van der Waals surface area contributed by atoms with Gasteiger partial charge < -0.3 is 9.64 Å². The number of amides is 1. The minimum absolute atomic E-state index is 0.0819. The number of nitrogens with zero attached hydrogens (tertiary/aromatic N) is 2. The van der Waals surface area contributed by atoms with Gasteiger partial charge in [0.1, 0.15) is 5.75 Å². The molecule has 0 aromatic heterocycles. The molecule has 1 aromatic carbocycles. The van der Waals surface area contributed by atoms with E-state index in [2.05, 4.69) is 4.99 Å². The number of hydrogen-bond donors (Lipinski definition) is 0. The lowest BCUT2D eigenvalue weighted by Gasteiger charge is -2.26. The van der Waals surface area contributed by atoms with Gasteiger partial charge in [0, 0.05) is 11.7 Å². The van der Waals surface area contributed by atoms with Crippen molar-refractivity contribution in [3.05, 3.63) is 24.3 Å². The maximum Gasteiger partial charge on any atom is 0.248 e. The highest BCUT2D eigenvalue weighted by Crippen LogP contribution is 2.43. The van der Waals surface area contributed by atoms with Crippen molar-refractivity contribution < 1.29 is 17.9 Å². The molecule has 28 heavy (non-hydrogen) atoms. The Kier molecular flexibility index (Phi) is 5.69. The van der Waals surface area contributed by atoms with Crippen molar-refractivity contribution in [3.8, 4) is 5.75 Å². The van der Waals surface area contributed by atoms with Gasteiger partial charge in [-0.1, -0.05) is 43.2 Å². The van der Waals surface area contributed by atoms with Crippen LogP contribution >= 0.6 is 11.8 Å². The fourth-order valence-electron chi connectivity index (χ4n) is 4.47. The first-order valence-electron chi connectivity index (χ1n) is 9.88. The Morgan fingerprint density at radius 2 is 1.96 bits per heavy atom. The smallest absolute Gasteiger partial charge is 0.248 e. The summed E-state index contributed by atoms with van der Waals surface area (Å²) in [5.74, 6) is 1.19. The van der Waals surface area contributed by atoms with E-state index in [1.54, 1.807) is 7.11 Å². The van der Waals surface area contributed by atoms with Crippen molar-refractivity contribution in [2.24, 2.45) is 10.9 Å². The molecule has 1 amide bonds. The summed E-state index contributed by atoms with van der Waals surface area (Å²) in [6.07, 6.45) is 6.33. The van der Waals surface area contributed by atoms with E-state index in [0.29, 0.717) is 23.3 Å². The first-order chi connectivity index (χ1) is 13.5. The minimum Gasteiger partial charge on any atom is -0.495 e. The van der Waals surface area contributed by atoms with Crippen LogP contribution in [-0.4, -0.2) is 49.4 Å². The minimum atomic E-state index is -3.08. The summed E-state index contributed by atoms with van der Waals surface area (Å²) in [5.41, 5.74) is 0.770. The number of ether oxygens (including phenoxy) is 1. The Morgan fingerprint density at radius 3 is 2.71 bits per heavy atom. The fourth-order valence-corrected chi connectivity index (χ4v) is 8.39. The summed E-state index contributed by atoms with van der Waals surface area (Å²) in [6.45, 7) is 0. The summed E-state index contributed by atoms with van der Waals surface area (Å²) in [5, 5.41) is 0.506. The number of carbonyl (C=O) groups excluding carboxylic acids is 1. The number of benzene rings is 1. The predicted octanol–water partition coefficient (Wildman–Crippen LogP) is 3.27. The molecule has 152 valence electrons. The average Bonchev–Trinajstić information content (AvgIpc) is 3.13. The van der Waals surface area contributed by atoms with Gasteiger partial charge in [-0.25, -0.2) is 8.42 Å². The van der Waals surface area contributed by atoms with Crippen molar-refractivity contribution in [3.63, 3.8) is 0 Å². The zero-order chi connectivity index (χ0) is 19.7. The monoisotopic (exact) mass is 422 g/mol. The molecule has 0 bridgehead atoms. The number of sulfone groups is 1. The second kappa shape index (κ2) is 8.06. The molecule has 2 aliphatic heterocycles. The fraction of sp³-hybridized carbons (Fsp3) is 0.600. The van der Waals surface area contributed by atoms with Gasteiger partial charge in [0.25, 0.3) is 0 Å². The van der Waals surface area contributed by atoms with Gasteiger partial charge in [-0.3, -0.25) is 4.79 Å². The van der Waals surface area contributed by atoms with Crippen LogP contribution in [0.4, 0.5) is 5.69 Å². The van der Waals surface area contributed by atoms with Crippen LogP contribution in [0.15, 0.2) is 29.3 Å². The lowest BCUT2D eigenvalue weighted by molar-refractivity contribution is -0.118. The second-order valence-electron chi connectivity index (χ2n) is 7.84. The van der Waals surface area contributed by atoms with Crippen LogP contribution in [0.1, 0.15) is 38.5 Å². The Morgan fingerprint density at radius 1 is 1.21 bits per heavy atom. The lowest BCUT2D eigenvalue weighted by Crippen LogP contribution is -2.38. The molecule has 1 saturated carbocycles. The SMILES string of the molecule is COc1ccccc1N1C(=NC(=O)CC2CCCCC2)S[C@@H]2CS(=O)(=O)C[C@@H]21. The number of thioether (sulfide) groups is 1. The number of amidine groups is 1. The second-order valence-corrected chi connectivity index (χ2v) is 11.2. The number of para-hydroxylation sites is 2. The topological polar surface area (TPSA) is 76.0 Å². The molecule has 4 rings (SSSR count). The molecule has 0 spiro atoms. The molecule has 2 heterocycles. The molecular weight excluding hydrogens is 396 g/mol. The van der Waals surface area contributed by atoms with Gasteiger partial charge in [0.05, 0.1) is 30.3 Å². The van der Waals surface area contributed by atoms with E-state index in [1.165, 1.54) is 31.0 Å². The molecule has 0 radical (unpaired) electrons. The highest BCUT2D eigenvalue weighted by Gasteiger charge is 2.50. The Bertz CT molecular complexity index is 878. The van der Waals surface area contributed by atoms with Crippen molar-refractivity contribution in [2.75, 3.05) is 23.5 Å². The number of carbonyl (C=O) groups is 1.